The Hall–Kier alpha value is -3.70. The molecule has 0 spiro atoms. The topological polar surface area (TPSA) is 104 Å². The lowest BCUT2D eigenvalue weighted by molar-refractivity contribution is -0.170. The molecule has 5 rings (SSSR count). The molecule has 1 saturated heterocycles. The van der Waals surface area contributed by atoms with Gasteiger partial charge < -0.3 is 14.4 Å². The second-order valence-electron chi connectivity index (χ2n) is 10.7. The highest BCUT2D eigenvalue weighted by Crippen LogP contribution is 2.46. The molecule has 8 heteroatoms. The van der Waals surface area contributed by atoms with Crippen LogP contribution in [0.5, 0.6) is 0 Å². The van der Waals surface area contributed by atoms with Crippen LogP contribution in [0.3, 0.4) is 0 Å². The fourth-order valence-corrected chi connectivity index (χ4v) is 5.43. The molecule has 1 aliphatic rings. The van der Waals surface area contributed by atoms with Crippen molar-refractivity contribution in [2.75, 3.05) is 6.61 Å². The molecule has 3 heterocycles. The number of aromatic nitrogens is 3. The van der Waals surface area contributed by atoms with Gasteiger partial charge in [0.05, 0.1) is 29.9 Å². The molecule has 0 aliphatic carbocycles. The summed E-state index contributed by atoms with van der Waals surface area (Å²) in [5, 5.41) is 28.6. The first kappa shape index (κ1) is 24.0. The van der Waals surface area contributed by atoms with Gasteiger partial charge in [-0.3, -0.25) is 5.10 Å². The minimum absolute atomic E-state index is 0.0731. The highest BCUT2D eigenvalue weighted by Gasteiger charge is 2.42. The van der Waals surface area contributed by atoms with E-state index in [1.165, 1.54) is 6.07 Å². The number of aliphatic carboxylic acids is 1. The van der Waals surface area contributed by atoms with Gasteiger partial charge in [-0.05, 0) is 68.1 Å². The lowest BCUT2D eigenvalue weighted by atomic mass is 9.77. The van der Waals surface area contributed by atoms with Gasteiger partial charge in [0.15, 0.2) is 5.60 Å². The van der Waals surface area contributed by atoms with Gasteiger partial charge in [0.25, 0.3) is 0 Å². The van der Waals surface area contributed by atoms with Crippen molar-refractivity contribution in [3.63, 3.8) is 0 Å². The molecule has 36 heavy (non-hydrogen) atoms. The van der Waals surface area contributed by atoms with Crippen LogP contribution in [0.2, 0.25) is 0 Å². The van der Waals surface area contributed by atoms with Crippen LogP contribution in [0.4, 0.5) is 4.39 Å². The average molecular weight is 489 g/mol. The highest BCUT2D eigenvalue weighted by molar-refractivity contribution is 5.99. The molecule has 0 amide bonds. The number of halogens is 1. The number of hydrogen-bond acceptors (Lipinski definition) is 4. The van der Waals surface area contributed by atoms with Gasteiger partial charge in [0.1, 0.15) is 5.82 Å². The molecular weight excluding hydrogens is 459 g/mol. The summed E-state index contributed by atoms with van der Waals surface area (Å²) in [6.07, 6.45) is 3.04. The van der Waals surface area contributed by atoms with Gasteiger partial charge in [0, 0.05) is 39.9 Å². The smallest absolute Gasteiger partial charge is 0.335 e. The van der Waals surface area contributed by atoms with Gasteiger partial charge in [0.2, 0.25) is 0 Å². The summed E-state index contributed by atoms with van der Waals surface area (Å²) >= 11 is 0. The number of carboxylic acids is 1. The van der Waals surface area contributed by atoms with E-state index >= 15 is 0 Å². The van der Waals surface area contributed by atoms with E-state index < -0.39 is 17.0 Å². The summed E-state index contributed by atoms with van der Waals surface area (Å²) in [4.78, 5) is 11.8. The largest absolute Gasteiger partial charge is 0.479 e. The summed E-state index contributed by atoms with van der Waals surface area (Å²) in [5.41, 5.74) is 3.37. The molecule has 4 aromatic rings. The van der Waals surface area contributed by atoms with Crippen LogP contribution >= 0.6 is 0 Å². The van der Waals surface area contributed by atoms with E-state index in [-0.39, 0.29) is 24.8 Å². The number of hydrogen-bond donors (Lipinski definition) is 2. The summed E-state index contributed by atoms with van der Waals surface area (Å²) in [5.74, 6) is -1.32. The van der Waals surface area contributed by atoms with Gasteiger partial charge in [-0.25, -0.2) is 9.18 Å². The maximum Gasteiger partial charge on any atom is 0.335 e. The molecular formula is C28H29FN4O3. The third kappa shape index (κ3) is 3.75. The minimum atomic E-state index is -1.22. The van der Waals surface area contributed by atoms with Crippen molar-refractivity contribution in [2.45, 2.75) is 63.9 Å². The first-order valence-electron chi connectivity index (χ1n) is 12.1. The predicted octanol–water partition coefficient (Wildman–Crippen LogP) is 5.88. The van der Waals surface area contributed by atoms with Crippen molar-refractivity contribution < 1.29 is 19.0 Å². The van der Waals surface area contributed by atoms with E-state index in [1.807, 2.05) is 19.9 Å². The van der Waals surface area contributed by atoms with Crippen molar-refractivity contribution >= 4 is 27.8 Å². The van der Waals surface area contributed by atoms with Crippen LogP contribution in [0.15, 0.2) is 36.5 Å². The molecule has 1 aliphatic heterocycles. The zero-order chi connectivity index (χ0) is 25.8. The van der Waals surface area contributed by atoms with E-state index in [2.05, 4.69) is 33.0 Å². The number of ether oxygens (including phenoxy) is 1. The molecule has 0 unspecified atom stereocenters. The minimum Gasteiger partial charge on any atom is -0.479 e. The number of aromatic amines is 1. The van der Waals surface area contributed by atoms with Gasteiger partial charge in [-0.15, -0.1) is 0 Å². The maximum absolute atomic E-state index is 14.3. The molecule has 1 fully saturated rings. The van der Waals surface area contributed by atoms with E-state index in [1.54, 1.807) is 26.1 Å². The second-order valence-corrected chi connectivity index (χ2v) is 10.7. The Morgan fingerprint density at radius 2 is 2.17 bits per heavy atom. The van der Waals surface area contributed by atoms with E-state index in [9.17, 15) is 19.6 Å². The fraction of sp³-hybridized carbons (Fsp3) is 0.393. The first-order valence-corrected chi connectivity index (χ1v) is 12.1. The number of aryl methyl sites for hydroxylation is 1. The number of carbonyl (C=O) groups is 1. The molecule has 0 bridgehead atoms. The van der Waals surface area contributed by atoms with E-state index in [4.69, 9.17) is 4.74 Å². The monoisotopic (exact) mass is 488 g/mol. The Kier molecular flexibility index (Phi) is 5.64. The van der Waals surface area contributed by atoms with Crippen molar-refractivity contribution in [1.82, 2.24) is 14.8 Å². The zero-order valence-corrected chi connectivity index (χ0v) is 20.9. The van der Waals surface area contributed by atoms with Crippen molar-refractivity contribution in [3.05, 3.63) is 59.2 Å². The van der Waals surface area contributed by atoms with Crippen molar-refractivity contribution in [1.29, 1.82) is 5.26 Å². The van der Waals surface area contributed by atoms with Crippen LogP contribution in [0, 0.1) is 24.1 Å². The summed E-state index contributed by atoms with van der Waals surface area (Å²) in [6.45, 7) is 7.69. The highest BCUT2D eigenvalue weighted by atomic mass is 19.1. The van der Waals surface area contributed by atoms with Crippen LogP contribution in [0.25, 0.3) is 27.5 Å². The van der Waals surface area contributed by atoms with Crippen molar-refractivity contribution in [2.24, 2.45) is 0 Å². The van der Waals surface area contributed by atoms with Gasteiger partial charge in [-0.2, -0.15) is 10.4 Å². The number of nitrogens with zero attached hydrogens (tertiary/aromatic N) is 3. The van der Waals surface area contributed by atoms with Crippen LogP contribution in [0.1, 0.15) is 62.8 Å². The lowest BCUT2D eigenvalue weighted by Crippen LogP contribution is -2.43. The Bertz CT molecular complexity index is 1530. The number of nitriles is 1. The Morgan fingerprint density at radius 1 is 1.39 bits per heavy atom. The number of rotatable bonds is 5. The third-order valence-electron chi connectivity index (χ3n) is 7.56. The fourth-order valence-electron chi connectivity index (χ4n) is 5.43. The van der Waals surface area contributed by atoms with Gasteiger partial charge in [-0.1, -0.05) is 13.8 Å². The van der Waals surface area contributed by atoms with Crippen LogP contribution in [-0.2, 0) is 14.9 Å². The lowest BCUT2D eigenvalue weighted by Gasteiger charge is -2.36. The Balaban J connectivity index is 1.83. The summed E-state index contributed by atoms with van der Waals surface area (Å²) < 4.78 is 22.3. The molecule has 0 radical (unpaired) electrons. The quantitative estimate of drug-likeness (QED) is 0.365. The Labute approximate surface area is 208 Å². The molecule has 0 saturated carbocycles. The van der Waals surface area contributed by atoms with E-state index in [0.29, 0.717) is 18.4 Å². The summed E-state index contributed by atoms with van der Waals surface area (Å²) in [7, 11) is 0. The van der Waals surface area contributed by atoms with Crippen LogP contribution < -0.4 is 0 Å². The molecule has 7 nitrogen and oxygen atoms in total. The number of H-pyrrole nitrogens is 1. The summed E-state index contributed by atoms with van der Waals surface area (Å²) in [6, 6.07) is 11.5. The second kappa shape index (κ2) is 8.45. The molecule has 2 aromatic carbocycles. The van der Waals surface area contributed by atoms with Gasteiger partial charge >= 0.3 is 5.97 Å². The Morgan fingerprint density at radius 3 is 2.81 bits per heavy atom. The third-order valence-corrected chi connectivity index (χ3v) is 7.56. The predicted molar refractivity (Wildman–Crippen MR) is 135 cm³/mol. The SMILES string of the molecule is Cc1cc(-n2c(C(C)(C)CC#N)c([C@@H]3CC[C@@](C)(C(=O)O)OC3)c3cc4[nH]ncc4cc32)ccc1F. The maximum atomic E-state index is 14.3. The molecule has 2 aromatic heterocycles. The molecule has 2 N–H and O–H groups in total. The number of fused-ring (bicyclic) bond motifs is 2. The first-order chi connectivity index (χ1) is 17.1. The standard InChI is InChI=1S/C28H29FN4O3/c1-16-11-19(5-6-21(16)29)33-23-12-18-14-31-32-22(18)13-20(23)24(25(33)27(2,3)9-10-30)17-7-8-28(4,26(34)35)36-15-17/h5-6,11-14,17H,7-9,15H2,1-4H3,(H,31,32)(H,34,35)/t17-,28+/m1/s1. The molecule has 2 atom stereocenters. The molecule has 186 valence electrons. The zero-order valence-electron chi connectivity index (χ0n) is 20.9. The van der Waals surface area contributed by atoms with Crippen molar-refractivity contribution in [3.8, 4) is 11.8 Å². The van der Waals surface area contributed by atoms with Crippen LogP contribution in [-0.4, -0.2) is 38.0 Å². The normalized spacial score (nSPS) is 20.6. The average Bonchev–Trinajstić information content (AvgIpc) is 3.42. The number of benzene rings is 2. The number of carboxylic acid groups (broad SMARTS) is 1. The van der Waals surface area contributed by atoms with E-state index in [0.717, 1.165) is 38.8 Å². The number of nitrogens with one attached hydrogen (secondary N) is 1.